The van der Waals surface area contributed by atoms with Gasteiger partial charge in [-0.1, -0.05) is 30.7 Å². The van der Waals surface area contributed by atoms with E-state index in [1.807, 2.05) is 24.0 Å². The van der Waals surface area contributed by atoms with Crippen LogP contribution in [0.15, 0.2) is 24.3 Å². The van der Waals surface area contributed by atoms with Crippen molar-refractivity contribution in [1.82, 2.24) is 15.1 Å². The van der Waals surface area contributed by atoms with E-state index in [2.05, 4.69) is 22.3 Å². The van der Waals surface area contributed by atoms with Gasteiger partial charge in [-0.3, -0.25) is 14.5 Å². The summed E-state index contributed by atoms with van der Waals surface area (Å²) in [5.74, 6) is 0.226. The summed E-state index contributed by atoms with van der Waals surface area (Å²) in [5.41, 5.74) is 1.27. The lowest BCUT2D eigenvalue weighted by atomic mass is 9.95. The number of amides is 2. The number of likely N-dealkylation sites (tertiary alicyclic amines) is 2. The molecule has 0 aliphatic carbocycles. The molecule has 1 N–H and O–H groups in total. The Kier molecular flexibility index (Phi) is 7.13. The third kappa shape index (κ3) is 5.69. The van der Waals surface area contributed by atoms with Crippen LogP contribution in [0.4, 0.5) is 0 Å². The Balaban J connectivity index is 1.42. The molecular formula is C21H30ClN3O2. The van der Waals surface area contributed by atoms with Gasteiger partial charge in [-0.25, -0.2) is 0 Å². The van der Waals surface area contributed by atoms with Gasteiger partial charge in [0.2, 0.25) is 11.8 Å². The summed E-state index contributed by atoms with van der Waals surface area (Å²) < 4.78 is 0. The third-order valence-electron chi connectivity index (χ3n) is 5.70. The molecule has 2 saturated heterocycles. The summed E-state index contributed by atoms with van der Waals surface area (Å²) in [6, 6.07) is 8.25. The maximum atomic E-state index is 12.7. The molecule has 6 heteroatoms. The molecule has 2 heterocycles. The molecule has 0 bridgehead atoms. The SMILES string of the molecule is CCC(=O)N1CCCC(C(=O)NC2CCN(Cc3ccc(Cl)cc3)CC2)C1. The van der Waals surface area contributed by atoms with Crippen molar-refractivity contribution in [2.75, 3.05) is 26.2 Å². The maximum Gasteiger partial charge on any atom is 0.225 e. The minimum atomic E-state index is -0.0543. The molecule has 1 unspecified atom stereocenters. The second kappa shape index (κ2) is 9.56. The highest BCUT2D eigenvalue weighted by Crippen LogP contribution is 2.20. The Morgan fingerprint density at radius 1 is 1.11 bits per heavy atom. The molecule has 2 amide bonds. The van der Waals surface area contributed by atoms with Crippen LogP contribution in [-0.4, -0.2) is 53.8 Å². The molecule has 148 valence electrons. The van der Waals surface area contributed by atoms with Crippen molar-refractivity contribution in [3.63, 3.8) is 0 Å². The Hall–Kier alpha value is -1.59. The average molecular weight is 392 g/mol. The highest BCUT2D eigenvalue weighted by molar-refractivity contribution is 6.30. The van der Waals surface area contributed by atoms with E-state index in [9.17, 15) is 9.59 Å². The van der Waals surface area contributed by atoms with E-state index < -0.39 is 0 Å². The lowest BCUT2D eigenvalue weighted by Crippen LogP contribution is -2.50. The van der Waals surface area contributed by atoms with Gasteiger partial charge in [-0.15, -0.1) is 0 Å². The molecule has 2 aliphatic rings. The Morgan fingerprint density at radius 3 is 2.48 bits per heavy atom. The molecule has 3 rings (SSSR count). The first kappa shape index (κ1) is 20.2. The normalized spacial score (nSPS) is 21.9. The molecule has 0 radical (unpaired) electrons. The second-order valence-electron chi connectivity index (χ2n) is 7.72. The van der Waals surface area contributed by atoms with E-state index in [0.29, 0.717) is 13.0 Å². The Bertz CT molecular complexity index is 641. The number of carbonyl (C=O) groups excluding carboxylic acids is 2. The first-order chi connectivity index (χ1) is 13.0. The zero-order valence-electron chi connectivity index (χ0n) is 16.1. The van der Waals surface area contributed by atoms with Crippen molar-refractivity contribution < 1.29 is 9.59 Å². The van der Waals surface area contributed by atoms with Crippen molar-refractivity contribution in [3.8, 4) is 0 Å². The monoisotopic (exact) mass is 391 g/mol. The van der Waals surface area contributed by atoms with Gasteiger partial charge in [0.1, 0.15) is 0 Å². The maximum absolute atomic E-state index is 12.7. The molecule has 1 atom stereocenters. The molecule has 1 aromatic carbocycles. The summed E-state index contributed by atoms with van der Waals surface area (Å²) in [6.07, 6.45) is 4.27. The molecule has 2 aliphatic heterocycles. The summed E-state index contributed by atoms with van der Waals surface area (Å²) in [6.45, 7) is 6.14. The number of rotatable bonds is 5. The van der Waals surface area contributed by atoms with Crippen molar-refractivity contribution >= 4 is 23.4 Å². The minimum Gasteiger partial charge on any atom is -0.353 e. The molecule has 0 spiro atoms. The van der Waals surface area contributed by atoms with Gasteiger partial charge in [0.05, 0.1) is 5.92 Å². The van der Waals surface area contributed by atoms with E-state index in [1.54, 1.807) is 0 Å². The summed E-state index contributed by atoms with van der Waals surface area (Å²) in [5, 5.41) is 4.00. The first-order valence-corrected chi connectivity index (χ1v) is 10.5. The first-order valence-electron chi connectivity index (χ1n) is 10.1. The molecular weight excluding hydrogens is 362 g/mol. The number of nitrogens with zero attached hydrogens (tertiary/aromatic N) is 2. The lowest BCUT2D eigenvalue weighted by Gasteiger charge is -2.35. The van der Waals surface area contributed by atoms with Gasteiger partial charge >= 0.3 is 0 Å². The van der Waals surface area contributed by atoms with E-state index in [-0.39, 0.29) is 23.8 Å². The average Bonchev–Trinajstić information content (AvgIpc) is 2.70. The fourth-order valence-corrected chi connectivity index (χ4v) is 4.17. The minimum absolute atomic E-state index is 0.0543. The molecule has 5 nitrogen and oxygen atoms in total. The van der Waals surface area contributed by atoms with E-state index >= 15 is 0 Å². The van der Waals surface area contributed by atoms with Crippen molar-refractivity contribution in [1.29, 1.82) is 0 Å². The lowest BCUT2D eigenvalue weighted by molar-refractivity contribution is -0.135. The van der Waals surface area contributed by atoms with Crippen LogP contribution in [0.1, 0.15) is 44.6 Å². The fraction of sp³-hybridized carbons (Fsp3) is 0.619. The predicted molar refractivity (Wildman–Crippen MR) is 107 cm³/mol. The highest BCUT2D eigenvalue weighted by Gasteiger charge is 2.29. The van der Waals surface area contributed by atoms with Gasteiger partial charge in [-0.2, -0.15) is 0 Å². The van der Waals surface area contributed by atoms with Crippen molar-refractivity contribution in [2.45, 2.75) is 51.6 Å². The zero-order valence-corrected chi connectivity index (χ0v) is 16.9. The summed E-state index contributed by atoms with van der Waals surface area (Å²) in [4.78, 5) is 28.8. The number of benzene rings is 1. The number of hydrogen-bond acceptors (Lipinski definition) is 3. The number of piperidine rings is 2. The summed E-state index contributed by atoms with van der Waals surface area (Å²) in [7, 11) is 0. The van der Waals surface area contributed by atoms with Gasteiger partial charge in [0.25, 0.3) is 0 Å². The van der Waals surface area contributed by atoms with Crippen LogP contribution >= 0.6 is 11.6 Å². The van der Waals surface area contributed by atoms with Crippen LogP contribution in [0.5, 0.6) is 0 Å². The van der Waals surface area contributed by atoms with Crippen LogP contribution in [0.2, 0.25) is 5.02 Å². The van der Waals surface area contributed by atoms with Gasteiger partial charge < -0.3 is 10.2 Å². The van der Waals surface area contributed by atoms with Crippen LogP contribution in [0.3, 0.4) is 0 Å². The highest BCUT2D eigenvalue weighted by atomic mass is 35.5. The van der Waals surface area contributed by atoms with E-state index in [1.165, 1.54) is 5.56 Å². The number of hydrogen-bond donors (Lipinski definition) is 1. The number of carbonyl (C=O) groups is 2. The topological polar surface area (TPSA) is 52.7 Å². The molecule has 2 fully saturated rings. The molecule has 1 aromatic rings. The number of nitrogens with one attached hydrogen (secondary N) is 1. The largest absolute Gasteiger partial charge is 0.353 e. The smallest absolute Gasteiger partial charge is 0.225 e. The van der Waals surface area contributed by atoms with E-state index in [0.717, 1.165) is 56.9 Å². The number of halogens is 1. The third-order valence-corrected chi connectivity index (χ3v) is 5.95. The van der Waals surface area contributed by atoms with Crippen LogP contribution < -0.4 is 5.32 Å². The standard InChI is InChI=1S/C21H30ClN3O2/c1-2-20(26)25-11-3-4-17(15-25)21(27)23-19-9-12-24(13-10-19)14-16-5-7-18(22)8-6-16/h5-8,17,19H,2-4,9-15H2,1H3,(H,23,27). The molecule has 0 saturated carbocycles. The zero-order chi connectivity index (χ0) is 19.2. The second-order valence-corrected chi connectivity index (χ2v) is 8.15. The van der Waals surface area contributed by atoms with Crippen LogP contribution in [0, 0.1) is 5.92 Å². The predicted octanol–water partition coefficient (Wildman–Crippen LogP) is 3.07. The Labute approximate surface area is 167 Å². The van der Waals surface area contributed by atoms with Crippen molar-refractivity contribution in [3.05, 3.63) is 34.9 Å². The Morgan fingerprint density at radius 2 is 1.81 bits per heavy atom. The van der Waals surface area contributed by atoms with Crippen LogP contribution in [0.25, 0.3) is 0 Å². The quantitative estimate of drug-likeness (QED) is 0.839. The van der Waals surface area contributed by atoms with Gasteiger partial charge in [-0.05, 0) is 43.4 Å². The molecule has 27 heavy (non-hydrogen) atoms. The van der Waals surface area contributed by atoms with Crippen LogP contribution in [-0.2, 0) is 16.1 Å². The fourth-order valence-electron chi connectivity index (χ4n) is 4.04. The van der Waals surface area contributed by atoms with Crippen molar-refractivity contribution in [2.24, 2.45) is 5.92 Å². The van der Waals surface area contributed by atoms with Gasteiger partial charge in [0.15, 0.2) is 0 Å². The van der Waals surface area contributed by atoms with Gasteiger partial charge in [0, 0.05) is 50.2 Å². The summed E-state index contributed by atoms with van der Waals surface area (Å²) >= 11 is 5.95. The van der Waals surface area contributed by atoms with E-state index in [4.69, 9.17) is 11.6 Å². The molecule has 0 aromatic heterocycles.